The molecule has 0 saturated heterocycles. The molecule has 0 fully saturated rings. The van der Waals surface area contributed by atoms with Crippen molar-refractivity contribution >= 4 is 5.97 Å². The first-order chi connectivity index (χ1) is 9.62. The Labute approximate surface area is 119 Å². The van der Waals surface area contributed by atoms with Crippen molar-refractivity contribution in [2.24, 2.45) is 0 Å². The van der Waals surface area contributed by atoms with E-state index in [0.29, 0.717) is 24.5 Å². The maximum Gasteiger partial charge on any atom is 0.320 e. The molecule has 5 heteroatoms. The van der Waals surface area contributed by atoms with E-state index < -0.39 is 12.0 Å². The molecule has 0 aliphatic carbocycles. The number of nitrogens with one attached hydrogen (secondary N) is 1. The van der Waals surface area contributed by atoms with Gasteiger partial charge in [-0.15, -0.1) is 0 Å². The summed E-state index contributed by atoms with van der Waals surface area (Å²) >= 11 is 0. The van der Waals surface area contributed by atoms with Gasteiger partial charge in [0.1, 0.15) is 17.5 Å². The smallest absolute Gasteiger partial charge is 0.320 e. The Hall–Kier alpha value is -1.75. The van der Waals surface area contributed by atoms with E-state index in [1.165, 1.54) is 0 Å². The highest BCUT2D eigenvalue weighted by Crippen LogP contribution is 2.24. The van der Waals surface area contributed by atoms with E-state index in [1.54, 1.807) is 20.3 Å². The van der Waals surface area contributed by atoms with Crippen molar-refractivity contribution < 1.29 is 19.4 Å². The van der Waals surface area contributed by atoms with Gasteiger partial charge in [-0.05, 0) is 12.5 Å². The molecule has 1 unspecified atom stereocenters. The molecule has 20 heavy (non-hydrogen) atoms. The number of benzene rings is 1. The van der Waals surface area contributed by atoms with Gasteiger partial charge in [0.05, 0.1) is 14.2 Å². The zero-order chi connectivity index (χ0) is 15.0. The summed E-state index contributed by atoms with van der Waals surface area (Å²) in [6.45, 7) is 2.50. The molecular weight excluding hydrogens is 258 g/mol. The molecule has 1 aromatic carbocycles. The minimum Gasteiger partial charge on any atom is -0.497 e. The maximum atomic E-state index is 11.2. The summed E-state index contributed by atoms with van der Waals surface area (Å²) in [6, 6.07) is 4.98. The summed E-state index contributed by atoms with van der Waals surface area (Å²) in [5.41, 5.74) is 0.913. The zero-order valence-corrected chi connectivity index (χ0v) is 12.3. The average Bonchev–Trinajstić information content (AvgIpc) is 2.46. The van der Waals surface area contributed by atoms with E-state index in [-0.39, 0.29) is 0 Å². The van der Waals surface area contributed by atoms with Crippen molar-refractivity contribution in [3.8, 4) is 11.5 Å². The predicted molar refractivity (Wildman–Crippen MR) is 77.3 cm³/mol. The monoisotopic (exact) mass is 281 g/mol. The lowest BCUT2D eigenvalue weighted by molar-refractivity contribution is -0.139. The molecule has 0 amide bonds. The van der Waals surface area contributed by atoms with Crippen LogP contribution in [0.1, 0.15) is 31.7 Å². The van der Waals surface area contributed by atoms with Crippen LogP contribution >= 0.6 is 0 Å². The number of carbonyl (C=O) groups is 1. The molecule has 0 bridgehead atoms. The number of methoxy groups -OCH3 is 2. The SMILES string of the molecule is CCCCC(NCc1ccc(OC)cc1OC)C(=O)O. The summed E-state index contributed by atoms with van der Waals surface area (Å²) < 4.78 is 10.4. The molecule has 0 aromatic heterocycles. The third-order valence-corrected chi connectivity index (χ3v) is 3.18. The van der Waals surface area contributed by atoms with Gasteiger partial charge in [0.25, 0.3) is 0 Å². The number of hydrogen-bond acceptors (Lipinski definition) is 4. The van der Waals surface area contributed by atoms with Gasteiger partial charge in [-0.2, -0.15) is 0 Å². The van der Waals surface area contributed by atoms with Crippen LogP contribution in [0.2, 0.25) is 0 Å². The normalized spacial score (nSPS) is 11.9. The van der Waals surface area contributed by atoms with E-state index in [4.69, 9.17) is 9.47 Å². The van der Waals surface area contributed by atoms with Gasteiger partial charge < -0.3 is 19.9 Å². The van der Waals surface area contributed by atoms with Crippen LogP contribution in [0.5, 0.6) is 11.5 Å². The van der Waals surface area contributed by atoms with Crippen molar-refractivity contribution in [3.63, 3.8) is 0 Å². The summed E-state index contributed by atoms with van der Waals surface area (Å²) in [7, 11) is 3.18. The Kier molecular flexibility index (Phi) is 6.87. The van der Waals surface area contributed by atoms with Crippen molar-refractivity contribution in [1.82, 2.24) is 5.32 Å². The first kappa shape index (κ1) is 16.3. The third-order valence-electron chi connectivity index (χ3n) is 3.18. The molecule has 0 heterocycles. The topological polar surface area (TPSA) is 67.8 Å². The molecule has 0 aliphatic heterocycles. The number of unbranched alkanes of at least 4 members (excludes halogenated alkanes) is 1. The summed E-state index contributed by atoms with van der Waals surface area (Å²) in [4.78, 5) is 11.2. The maximum absolute atomic E-state index is 11.2. The highest BCUT2D eigenvalue weighted by atomic mass is 16.5. The largest absolute Gasteiger partial charge is 0.497 e. The number of rotatable bonds is 9. The van der Waals surface area contributed by atoms with Crippen LogP contribution in [0.4, 0.5) is 0 Å². The van der Waals surface area contributed by atoms with Crippen LogP contribution in [0.3, 0.4) is 0 Å². The second-order valence-electron chi connectivity index (χ2n) is 4.59. The standard InChI is InChI=1S/C15H23NO4/c1-4-5-6-13(15(17)18)16-10-11-7-8-12(19-2)9-14(11)20-3/h7-9,13,16H,4-6,10H2,1-3H3,(H,17,18). The molecule has 0 spiro atoms. The minimum atomic E-state index is -0.814. The number of aliphatic carboxylic acids is 1. The van der Waals surface area contributed by atoms with Gasteiger partial charge in [0, 0.05) is 18.2 Å². The van der Waals surface area contributed by atoms with Crippen LogP contribution in [0.25, 0.3) is 0 Å². The number of carboxylic acid groups (broad SMARTS) is 1. The Morgan fingerprint density at radius 2 is 2.10 bits per heavy atom. The van der Waals surface area contributed by atoms with E-state index in [1.807, 2.05) is 19.1 Å². The zero-order valence-electron chi connectivity index (χ0n) is 12.3. The number of hydrogen-bond donors (Lipinski definition) is 2. The Morgan fingerprint density at radius 3 is 2.65 bits per heavy atom. The molecule has 0 aliphatic rings. The molecule has 1 aromatic rings. The van der Waals surface area contributed by atoms with Crippen LogP contribution < -0.4 is 14.8 Å². The molecule has 0 radical (unpaired) electrons. The summed E-state index contributed by atoms with van der Waals surface area (Å²) in [5.74, 6) is 0.591. The third kappa shape index (κ3) is 4.74. The lowest BCUT2D eigenvalue weighted by Gasteiger charge is -2.16. The lowest BCUT2D eigenvalue weighted by atomic mass is 10.1. The highest BCUT2D eigenvalue weighted by Gasteiger charge is 2.16. The van der Waals surface area contributed by atoms with Crippen molar-refractivity contribution in [3.05, 3.63) is 23.8 Å². The quantitative estimate of drug-likeness (QED) is 0.727. The van der Waals surface area contributed by atoms with Gasteiger partial charge in [0.2, 0.25) is 0 Å². The van der Waals surface area contributed by atoms with Crippen molar-refractivity contribution in [2.45, 2.75) is 38.8 Å². The summed E-state index contributed by atoms with van der Waals surface area (Å²) in [5, 5.41) is 12.2. The van der Waals surface area contributed by atoms with E-state index in [0.717, 1.165) is 18.4 Å². The fraction of sp³-hybridized carbons (Fsp3) is 0.533. The summed E-state index contributed by atoms with van der Waals surface area (Å²) in [6.07, 6.45) is 2.51. The van der Waals surface area contributed by atoms with Crippen LogP contribution in [-0.2, 0) is 11.3 Å². The molecule has 5 nitrogen and oxygen atoms in total. The fourth-order valence-electron chi connectivity index (χ4n) is 1.95. The van der Waals surface area contributed by atoms with Gasteiger partial charge in [0.15, 0.2) is 0 Å². The molecule has 112 valence electrons. The van der Waals surface area contributed by atoms with Crippen LogP contribution in [0.15, 0.2) is 18.2 Å². The molecule has 2 N–H and O–H groups in total. The average molecular weight is 281 g/mol. The predicted octanol–water partition coefficient (Wildman–Crippen LogP) is 2.44. The van der Waals surface area contributed by atoms with E-state index >= 15 is 0 Å². The fourth-order valence-corrected chi connectivity index (χ4v) is 1.95. The van der Waals surface area contributed by atoms with Crippen LogP contribution in [-0.4, -0.2) is 31.3 Å². The van der Waals surface area contributed by atoms with Gasteiger partial charge in [-0.1, -0.05) is 25.8 Å². The molecule has 1 rings (SSSR count). The van der Waals surface area contributed by atoms with Gasteiger partial charge >= 0.3 is 5.97 Å². The molecular formula is C15H23NO4. The van der Waals surface area contributed by atoms with Gasteiger partial charge in [-0.25, -0.2) is 0 Å². The van der Waals surface area contributed by atoms with Crippen molar-refractivity contribution in [1.29, 1.82) is 0 Å². The van der Waals surface area contributed by atoms with Crippen LogP contribution in [0, 0.1) is 0 Å². The highest BCUT2D eigenvalue weighted by molar-refractivity contribution is 5.73. The lowest BCUT2D eigenvalue weighted by Crippen LogP contribution is -2.36. The first-order valence-corrected chi connectivity index (χ1v) is 6.79. The number of carboxylic acids is 1. The Bertz CT molecular complexity index is 434. The Balaban J connectivity index is 2.69. The Morgan fingerprint density at radius 1 is 1.35 bits per heavy atom. The molecule has 1 atom stereocenters. The second kappa shape index (κ2) is 8.43. The van der Waals surface area contributed by atoms with Crippen molar-refractivity contribution in [2.75, 3.05) is 14.2 Å². The van der Waals surface area contributed by atoms with E-state index in [9.17, 15) is 9.90 Å². The first-order valence-electron chi connectivity index (χ1n) is 6.79. The van der Waals surface area contributed by atoms with E-state index in [2.05, 4.69) is 5.32 Å². The second-order valence-corrected chi connectivity index (χ2v) is 4.59. The minimum absolute atomic E-state index is 0.452. The van der Waals surface area contributed by atoms with Gasteiger partial charge in [-0.3, -0.25) is 4.79 Å². The molecule has 0 saturated carbocycles. The number of ether oxygens (including phenoxy) is 2.